The van der Waals surface area contributed by atoms with Gasteiger partial charge >= 0.3 is 5.97 Å². The number of alkyl halides is 1. The number of nitrogens with zero attached hydrogens (tertiary/aromatic N) is 5. The van der Waals surface area contributed by atoms with Crippen LogP contribution < -0.4 is 20.4 Å². The van der Waals surface area contributed by atoms with Crippen molar-refractivity contribution in [2.75, 3.05) is 54.4 Å². The standard InChI is InChI=1S/C21H27N7.C4H7FO2/c1-2-14(1)18-10-24-20(11-23-18)25-19-8-17(27-5-3-22-4-6-27)9-21(26-19)28-12-15-7-16(15)13-28;1-4(2,5)3(6)7/h8-11,14-16,22H,1-7,12-13H2,(H,24,25,26);1-2H3,(H,6,7). The minimum Gasteiger partial charge on any atom is -0.479 e. The van der Waals surface area contributed by atoms with Gasteiger partial charge in [0.15, 0.2) is 0 Å². The molecule has 10 heteroatoms. The highest BCUT2D eigenvalue weighted by molar-refractivity contribution is 5.75. The fourth-order valence-electron chi connectivity index (χ4n) is 4.54. The number of hydrogen-bond acceptors (Lipinski definition) is 8. The molecule has 0 aromatic carbocycles. The van der Waals surface area contributed by atoms with Crippen LogP contribution in [0.25, 0.3) is 0 Å². The van der Waals surface area contributed by atoms with Crippen molar-refractivity contribution in [3.05, 3.63) is 30.2 Å². The number of hydrogen-bond donors (Lipinski definition) is 3. The highest BCUT2D eigenvalue weighted by Crippen LogP contribution is 2.46. The van der Waals surface area contributed by atoms with Gasteiger partial charge in [0.2, 0.25) is 5.67 Å². The van der Waals surface area contributed by atoms with E-state index in [-0.39, 0.29) is 0 Å². The molecular weight excluding hydrogens is 449 g/mol. The Kier molecular flexibility index (Phi) is 6.48. The molecular formula is C25H34FN7O2. The van der Waals surface area contributed by atoms with Gasteiger partial charge in [-0.25, -0.2) is 19.2 Å². The topological polar surface area (TPSA) is 107 Å². The molecule has 4 aliphatic rings. The molecule has 6 rings (SSSR count). The molecule has 0 spiro atoms. The SMILES string of the molecule is CC(C)(F)C(=O)O.c1nc(C2CC2)cnc1Nc1cc(N2CCNCC2)cc(N2CC3CC3C2)n1. The lowest BCUT2D eigenvalue weighted by Gasteiger charge is -2.31. The summed E-state index contributed by atoms with van der Waals surface area (Å²) in [6.07, 6.45) is 7.66. The number of halogens is 1. The molecule has 2 aromatic heterocycles. The van der Waals surface area contributed by atoms with Crippen molar-refractivity contribution in [3.8, 4) is 0 Å². The van der Waals surface area contributed by atoms with Crippen LogP contribution in [0.3, 0.4) is 0 Å². The summed E-state index contributed by atoms with van der Waals surface area (Å²) in [6.45, 7) is 8.42. The minimum absolute atomic E-state index is 0.629. The van der Waals surface area contributed by atoms with E-state index in [1.54, 1.807) is 0 Å². The first-order chi connectivity index (χ1) is 16.8. The number of pyridine rings is 1. The van der Waals surface area contributed by atoms with E-state index in [0.717, 1.165) is 88.1 Å². The molecule has 0 bridgehead atoms. The molecule has 2 aromatic rings. The molecule has 9 nitrogen and oxygen atoms in total. The Balaban J connectivity index is 0.000000320. The van der Waals surface area contributed by atoms with Crippen LogP contribution in [0.1, 0.15) is 44.7 Å². The van der Waals surface area contributed by atoms with Crippen LogP contribution in [-0.4, -0.2) is 71.0 Å². The van der Waals surface area contributed by atoms with Gasteiger partial charge in [0.05, 0.1) is 18.1 Å². The number of fused-ring (bicyclic) bond motifs is 1. The molecule has 3 N–H and O–H groups in total. The summed E-state index contributed by atoms with van der Waals surface area (Å²) in [5, 5.41) is 14.7. The third-order valence-corrected chi connectivity index (χ3v) is 7.01. The van der Waals surface area contributed by atoms with Crippen molar-refractivity contribution in [3.63, 3.8) is 0 Å². The number of nitrogens with one attached hydrogen (secondary N) is 2. The van der Waals surface area contributed by atoms with E-state index >= 15 is 0 Å². The second-order valence-electron chi connectivity index (χ2n) is 10.5. The smallest absolute Gasteiger partial charge is 0.340 e. The summed E-state index contributed by atoms with van der Waals surface area (Å²) in [4.78, 5) is 28.6. The molecule has 188 valence electrons. The van der Waals surface area contributed by atoms with Crippen molar-refractivity contribution in [2.24, 2.45) is 11.8 Å². The van der Waals surface area contributed by atoms with Crippen LogP contribution >= 0.6 is 0 Å². The van der Waals surface area contributed by atoms with Crippen molar-refractivity contribution in [1.29, 1.82) is 0 Å². The third kappa shape index (κ3) is 5.98. The third-order valence-electron chi connectivity index (χ3n) is 7.01. The summed E-state index contributed by atoms with van der Waals surface area (Å²) >= 11 is 0. The first kappa shape index (κ1) is 23.7. The number of piperazine rings is 1. The number of anilines is 4. The zero-order valence-electron chi connectivity index (χ0n) is 20.4. The molecule has 0 amide bonds. The number of carboxylic acids is 1. The van der Waals surface area contributed by atoms with E-state index in [1.807, 2.05) is 12.4 Å². The van der Waals surface area contributed by atoms with Gasteiger partial charge in [-0.1, -0.05) is 0 Å². The van der Waals surface area contributed by atoms with Gasteiger partial charge in [-0.05, 0) is 44.9 Å². The second kappa shape index (κ2) is 9.56. The maximum atomic E-state index is 11.9. The highest BCUT2D eigenvalue weighted by atomic mass is 19.1. The van der Waals surface area contributed by atoms with Crippen molar-refractivity contribution in [1.82, 2.24) is 20.3 Å². The zero-order valence-corrected chi connectivity index (χ0v) is 20.4. The number of aliphatic carboxylic acids is 1. The Morgan fingerprint density at radius 1 is 1.09 bits per heavy atom. The zero-order chi connectivity index (χ0) is 24.6. The molecule has 2 atom stereocenters. The van der Waals surface area contributed by atoms with Crippen LogP contribution in [0.2, 0.25) is 0 Å². The predicted molar refractivity (Wildman–Crippen MR) is 133 cm³/mol. The lowest BCUT2D eigenvalue weighted by Crippen LogP contribution is -2.43. The second-order valence-corrected chi connectivity index (χ2v) is 10.5. The Labute approximate surface area is 205 Å². The molecule has 2 saturated carbocycles. The van der Waals surface area contributed by atoms with E-state index in [0.29, 0.717) is 5.92 Å². The van der Waals surface area contributed by atoms with Gasteiger partial charge in [0, 0.05) is 63.0 Å². The Hall–Kier alpha value is -3.01. The summed E-state index contributed by atoms with van der Waals surface area (Å²) in [6, 6.07) is 4.42. The summed E-state index contributed by atoms with van der Waals surface area (Å²) < 4.78 is 11.9. The largest absolute Gasteiger partial charge is 0.479 e. The molecule has 0 radical (unpaired) electrons. The first-order valence-electron chi connectivity index (χ1n) is 12.5. The predicted octanol–water partition coefficient (Wildman–Crippen LogP) is 3.18. The molecule has 2 unspecified atom stereocenters. The molecule has 2 saturated heterocycles. The number of aromatic nitrogens is 3. The molecule has 35 heavy (non-hydrogen) atoms. The lowest BCUT2D eigenvalue weighted by atomic mass is 10.2. The fourth-order valence-corrected chi connectivity index (χ4v) is 4.54. The van der Waals surface area contributed by atoms with E-state index in [9.17, 15) is 9.18 Å². The molecule has 4 fully saturated rings. The maximum absolute atomic E-state index is 11.9. The summed E-state index contributed by atoms with van der Waals surface area (Å²) in [5.74, 6) is 3.71. The molecule has 4 heterocycles. The van der Waals surface area contributed by atoms with Gasteiger partial charge in [0.1, 0.15) is 17.5 Å². The monoisotopic (exact) mass is 483 g/mol. The van der Waals surface area contributed by atoms with Gasteiger partial charge in [-0.15, -0.1) is 0 Å². The Morgan fingerprint density at radius 3 is 2.34 bits per heavy atom. The Bertz CT molecular complexity index is 1020. The van der Waals surface area contributed by atoms with E-state index in [2.05, 4.69) is 42.5 Å². The average Bonchev–Trinajstić information content (AvgIpc) is 3.78. The van der Waals surface area contributed by atoms with E-state index < -0.39 is 11.6 Å². The fraction of sp³-hybridized carbons (Fsp3) is 0.600. The minimum atomic E-state index is -2.08. The number of rotatable bonds is 6. The summed E-state index contributed by atoms with van der Waals surface area (Å²) in [5.41, 5.74) is 0.280. The quantitative estimate of drug-likeness (QED) is 0.571. The van der Waals surface area contributed by atoms with Gasteiger partial charge in [-0.3, -0.25) is 4.98 Å². The lowest BCUT2D eigenvalue weighted by molar-refractivity contribution is -0.148. The van der Waals surface area contributed by atoms with Gasteiger partial charge in [-0.2, -0.15) is 0 Å². The highest BCUT2D eigenvalue weighted by Gasteiger charge is 2.45. The Morgan fingerprint density at radius 2 is 1.77 bits per heavy atom. The number of piperidine rings is 1. The van der Waals surface area contributed by atoms with Crippen LogP contribution in [0.15, 0.2) is 24.5 Å². The van der Waals surface area contributed by atoms with Crippen LogP contribution in [0, 0.1) is 11.8 Å². The van der Waals surface area contributed by atoms with Crippen molar-refractivity contribution < 1.29 is 14.3 Å². The molecule has 2 aliphatic carbocycles. The van der Waals surface area contributed by atoms with Crippen molar-refractivity contribution >= 4 is 29.1 Å². The first-order valence-corrected chi connectivity index (χ1v) is 12.5. The van der Waals surface area contributed by atoms with Crippen LogP contribution in [0.4, 0.5) is 27.5 Å². The number of carboxylic acid groups (broad SMARTS) is 1. The van der Waals surface area contributed by atoms with E-state index in [4.69, 9.17) is 10.1 Å². The molecule has 2 aliphatic heterocycles. The van der Waals surface area contributed by atoms with Crippen LogP contribution in [0.5, 0.6) is 0 Å². The van der Waals surface area contributed by atoms with Gasteiger partial charge in [0.25, 0.3) is 0 Å². The number of carbonyl (C=O) groups is 1. The van der Waals surface area contributed by atoms with Crippen LogP contribution in [-0.2, 0) is 4.79 Å². The average molecular weight is 484 g/mol. The van der Waals surface area contributed by atoms with E-state index in [1.165, 1.54) is 24.9 Å². The maximum Gasteiger partial charge on any atom is 0.340 e. The van der Waals surface area contributed by atoms with Gasteiger partial charge < -0.3 is 25.5 Å². The normalized spacial score (nSPS) is 23.3. The van der Waals surface area contributed by atoms with Crippen molar-refractivity contribution in [2.45, 2.75) is 44.7 Å². The summed E-state index contributed by atoms with van der Waals surface area (Å²) in [7, 11) is 0.